The molecule has 0 radical (unpaired) electrons. The Kier molecular flexibility index (Phi) is 5.97. The summed E-state index contributed by atoms with van der Waals surface area (Å²) < 4.78 is 5.41. The molecule has 6 nitrogen and oxygen atoms in total. The lowest BCUT2D eigenvalue weighted by molar-refractivity contribution is -0.119. The number of carbonyl (C=O) groups is 1. The van der Waals surface area contributed by atoms with Crippen molar-refractivity contribution in [3.8, 4) is 5.75 Å². The van der Waals surface area contributed by atoms with Gasteiger partial charge in [0.15, 0.2) is 5.11 Å². The first-order valence-corrected chi connectivity index (χ1v) is 7.78. The van der Waals surface area contributed by atoms with Gasteiger partial charge in [-0.25, -0.2) is 0 Å². The van der Waals surface area contributed by atoms with E-state index in [1.165, 1.54) is 0 Å². The van der Waals surface area contributed by atoms with Crippen LogP contribution in [-0.2, 0) is 4.79 Å². The van der Waals surface area contributed by atoms with Crippen molar-refractivity contribution in [3.63, 3.8) is 0 Å². The number of anilines is 1. The van der Waals surface area contributed by atoms with E-state index in [1.807, 2.05) is 36.1 Å². The van der Waals surface area contributed by atoms with Crippen LogP contribution in [-0.4, -0.2) is 60.2 Å². The van der Waals surface area contributed by atoms with Crippen LogP contribution in [0.3, 0.4) is 0 Å². The highest BCUT2D eigenvalue weighted by Gasteiger charge is 2.19. The van der Waals surface area contributed by atoms with Crippen molar-refractivity contribution in [3.05, 3.63) is 24.3 Å². The lowest BCUT2D eigenvalue weighted by Gasteiger charge is -2.35. The van der Waals surface area contributed by atoms with Gasteiger partial charge in [-0.15, -0.1) is 0 Å². The molecule has 120 valence electrons. The summed E-state index contributed by atoms with van der Waals surface area (Å²) in [6, 6.07) is 7.72. The lowest BCUT2D eigenvalue weighted by atomic mass is 10.3. The topological polar surface area (TPSA) is 70.8 Å². The summed E-state index contributed by atoms with van der Waals surface area (Å²) in [5, 5.41) is 3.93. The largest absolute Gasteiger partial charge is 0.494 e. The molecule has 0 atom stereocenters. The molecule has 0 aromatic heterocycles. The molecule has 1 fully saturated rings. The Bertz CT molecular complexity index is 513. The molecule has 1 aliphatic rings. The molecular formula is C15H22N4O2S. The van der Waals surface area contributed by atoms with E-state index in [1.54, 1.807) is 0 Å². The normalized spacial score (nSPS) is 15.4. The van der Waals surface area contributed by atoms with Crippen LogP contribution < -0.4 is 15.8 Å². The second-order valence-electron chi connectivity index (χ2n) is 5.12. The van der Waals surface area contributed by atoms with Gasteiger partial charge in [-0.1, -0.05) is 0 Å². The summed E-state index contributed by atoms with van der Waals surface area (Å²) in [4.78, 5) is 15.1. The lowest BCUT2D eigenvalue weighted by Crippen LogP contribution is -2.51. The maximum atomic E-state index is 10.9. The summed E-state index contributed by atoms with van der Waals surface area (Å²) in [5.74, 6) is 0.558. The summed E-state index contributed by atoms with van der Waals surface area (Å²) >= 11 is 5.44. The maximum absolute atomic E-state index is 10.9. The number of nitrogens with two attached hydrogens (primary N) is 1. The minimum Gasteiger partial charge on any atom is -0.494 e. The first-order valence-electron chi connectivity index (χ1n) is 7.38. The van der Waals surface area contributed by atoms with Crippen LogP contribution in [0, 0.1) is 0 Å². The molecule has 22 heavy (non-hydrogen) atoms. The first kappa shape index (κ1) is 16.5. The number of hydrogen-bond acceptors (Lipinski definition) is 4. The molecule has 1 aromatic rings. The van der Waals surface area contributed by atoms with E-state index in [4.69, 9.17) is 22.7 Å². The zero-order valence-corrected chi connectivity index (χ0v) is 13.6. The van der Waals surface area contributed by atoms with Crippen molar-refractivity contribution < 1.29 is 9.53 Å². The number of nitrogens with one attached hydrogen (secondary N) is 1. The average molecular weight is 322 g/mol. The van der Waals surface area contributed by atoms with Crippen LogP contribution in [0.1, 0.15) is 6.92 Å². The minimum absolute atomic E-state index is 0.288. The van der Waals surface area contributed by atoms with E-state index in [2.05, 4.69) is 10.2 Å². The second-order valence-corrected chi connectivity index (χ2v) is 5.50. The van der Waals surface area contributed by atoms with Gasteiger partial charge in [0.2, 0.25) is 5.91 Å². The number of benzene rings is 1. The number of thiocarbonyl (C=S) groups is 1. The third kappa shape index (κ3) is 4.85. The fraction of sp³-hybridized carbons (Fsp3) is 0.467. The Labute approximate surface area is 136 Å². The van der Waals surface area contributed by atoms with Gasteiger partial charge in [0.25, 0.3) is 0 Å². The number of rotatable bonds is 5. The van der Waals surface area contributed by atoms with E-state index >= 15 is 0 Å². The van der Waals surface area contributed by atoms with Crippen LogP contribution in [0.2, 0.25) is 0 Å². The average Bonchev–Trinajstić information content (AvgIpc) is 2.49. The maximum Gasteiger partial charge on any atom is 0.231 e. The Balaban J connectivity index is 1.81. The zero-order chi connectivity index (χ0) is 15.9. The molecule has 1 amide bonds. The van der Waals surface area contributed by atoms with Crippen molar-refractivity contribution in [1.29, 1.82) is 0 Å². The summed E-state index contributed by atoms with van der Waals surface area (Å²) in [7, 11) is 0. The van der Waals surface area contributed by atoms with Gasteiger partial charge in [-0.2, -0.15) is 0 Å². The molecule has 7 heteroatoms. The first-order chi connectivity index (χ1) is 10.6. The van der Waals surface area contributed by atoms with Gasteiger partial charge in [-0.3, -0.25) is 9.69 Å². The number of primary amides is 1. The minimum atomic E-state index is -0.288. The zero-order valence-electron chi connectivity index (χ0n) is 12.7. The highest BCUT2D eigenvalue weighted by Crippen LogP contribution is 2.16. The van der Waals surface area contributed by atoms with Crippen molar-refractivity contribution in [2.75, 3.05) is 44.6 Å². The quantitative estimate of drug-likeness (QED) is 0.785. The van der Waals surface area contributed by atoms with Gasteiger partial charge in [0.05, 0.1) is 13.2 Å². The Hall–Kier alpha value is -1.86. The molecule has 1 heterocycles. The number of nitrogens with zero attached hydrogens (tertiary/aromatic N) is 2. The smallest absolute Gasteiger partial charge is 0.231 e. The number of amides is 1. The molecule has 0 spiro atoms. The van der Waals surface area contributed by atoms with Crippen molar-refractivity contribution >= 4 is 28.9 Å². The van der Waals surface area contributed by atoms with Gasteiger partial charge in [0.1, 0.15) is 5.75 Å². The molecule has 3 N–H and O–H groups in total. The fourth-order valence-electron chi connectivity index (χ4n) is 2.33. The van der Waals surface area contributed by atoms with Gasteiger partial charge < -0.3 is 20.7 Å². The molecule has 0 bridgehead atoms. The van der Waals surface area contributed by atoms with Gasteiger partial charge in [0, 0.05) is 31.9 Å². The summed E-state index contributed by atoms with van der Waals surface area (Å²) in [6.45, 7) is 6.07. The second kappa shape index (κ2) is 7.95. The van der Waals surface area contributed by atoms with Crippen molar-refractivity contribution in [2.24, 2.45) is 5.73 Å². The number of piperazine rings is 1. The molecule has 2 rings (SSSR count). The molecule has 0 unspecified atom stereocenters. The predicted octanol–water partition coefficient (Wildman–Crippen LogP) is 0.885. The Morgan fingerprint density at radius 2 is 1.91 bits per heavy atom. The van der Waals surface area contributed by atoms with Crippen LogP contribution >= 0.6 is 12.2 Å². The van der Waals surface area contributed by atoms with Crippen molar-refractivity contribution in [1.82, 2.24) is 9.80 Å². The molecule has 1 saturated heterocycles. The van der Waals surface area contributed by atoms with E-state index in [9.17, 15) is 4.79 Å². The van der Waals surface area contributed by atoms with E-state index in [0.29, 0.717) is 18.3 Å². The standard InChI is InChI=1S/C15H22N4O2S/c1-2-21-13-5-3-12(4-6-13)17-15(22)19-9-7-18(8-10-19)11-14(16)20/h3-6H,2,7-11H2,1H3,(H2,16,20)(H,17,22). The third-order valence-electron chi connectivity index (χ3n) is 3.46. The molecule has 0 saturated carbocycles. The van der Waals surface area contributed by atoms with Crippen LogP contribution in [0.5, 0.6) is 5.75 Å². The van der Waals surface area contributed by atoms with Crippen LogP contribution in [0.25, 0.3) is 0 Å². The van der Waals surface area contributed by atoms with E-state index in [0.717, 1.165) is 37.6 Å². The van der Waals surface area contributed by atoms with Gasteiger partial charge >= 0.3 is 0 Å². The Morgan fingerprint density at radius 3 is 2.45 bits per heavy atom. The van der Waals surface area contributed by atoms with Gasteiger partial charge in [-0.05, 0) is 43.4 Å². The molecule has 1 aliphatic heterocycles. The highest BCUT2D eigenvalue weighted by molar-refractivity contribution is 7.80. The summed E-state index contributed by atoms with van der Waals surface area (Å²) in [5.41, 5.74) is 6.15. The van der Waals surface area contributed by atoms with E-state index < -0.39 is 0 Å². The highest BCUT2D eigenvalue weighted by atomic mass is 32.1. The van der Waals surface area contributed by atoms with Crippen molar-refractivity contribution in [2.45, 2.75) is 6.92 Å². The fourth-order valence-corrected chi connectivity index (χ4v) is 2.63. The SMILES string of the molecule is CCOc1ccc(NC(=S)N2CCN(CC(N)=O)CC2)cc1. The molecular weight excluding hydrogens is 300 g/mol. The Morgan fingerprint density at radius 1 is 1.27 bits per heavy atom. The van der Waals surface area contributed by atoms with Crippen LogP contribution in [0.4, 0.5) is 5.69 Å². The monoisotopic (exact) mass is 322 g/mol. The summed E-state index contributed by atoms with van der Waals surface area (Å²) in [6.07, 6.45) is 0. The third-order valence-corrected chi connectivity index (χ3v) is 3.82. The molecule has 1 aromatic carbocycles. The number of ether oxygens (including phenoxy) is 1. The van der Waals surface area contributed by atoms with E-state index in [-0.39, 0.29) is 5.91 Å². The predicted molar refractivity (Wildman–Crippen MR) is 91.0 cm³/mol. The number of hydrogen-bond donors (Lipinski definition) is 2. The molecule has 0 aliphatic carbocycles. The number of carbonyl (C=O) groups excluding carboxylic acids is 1. The van der Waals surface area contributed by atoms with Crippen LogP contribution in [0.15, 0.2) is 24.3 Å².